The molecule has 138 valence electrons. The van der Waals surface area contributed by atoms with Gasteiger partial charge in [-0.2, -0.15) is 16.9 Å². The standard InChI is InChI=1S/C17H27N5O2S/c1-21-11-14(10-20-21)17(24)19-9-13-2-5-22(6-3-13)16(23)8-15-12-25-7-4-18-15/h10-11,13,15,18H,2-9,12H2,1H3,(H,19,24). The summed E-state index contributed by atoms with van der Waals surface area (Å²) in [5.74, 6) is 2.79. The van der Waals surface area contributed by atoms with Gasteiger partial charge in [0.15, 0.2) is 0 Å². The van der Waals surface area contributed by atoms with Gasteiger partial charge in [-0.05, 0) is 18.8 Å². The average Bonchev–Trinajstić information content (AvgIpc) is 3.07. The van der Waals surface area contributed by atoms with E-state index in [0.717, 1.165) is 44.0 Å². The fourth-order valence-electron chi connectivity index (χ4n) is 3.35. The quantitative estimate of drug-likeness (QED) is 0.794. The molecule has 3 heterocycles. The van der Waals surface area contributed by atoms with E-state index in [-0.39, 0.29) is 11.8 Å². The van der Waals surface area contributed by atoms with Crippen molar-refractivity contribution in [3.05, 3.63) is 18.0 Å². The van der Waals surface area contributed by atoms with Crippen molar-refractivity contribution in [1.82, 2.24) is 25.3 Å². The van der Waals surface area contributed by atoms with Crippen molar-refractivity contribution < 1.29 is 9.59 Å². The molecule has 8 heteroatoms. The van der Waals surface area contributed by atoms with Crippen molar-refractivity contribution in [3.8, 4) is 0 Å². The number of nitrogens with one attached hydrogen (secondary N) is 2. The van der Waals surface area contributed by atoms with Crippen LogP contribution in [0.3, 0.4) is 0 Å². The Balaban J connectivity index is 1.36. The summed E-state index contributed by atoms with van der Waals surface area (Å²) in [5, 5.41) is 10.4. The number of hydrogen-bond donors (Lipinski definition) is 2. The maximum Gasteiger partial charge on any atom is 0.254 e. The molecular weight excluding hydrogens is 338 g/mol. The first-order valence-electron chi connectivity index (χ1n) is 8.97. The van der Waals surface area contributed by atoms with E-state index in [1.54, 1.807) is 24.1 Å². The Hall–Kier alpha value is -1.54. The van der Waals surface area contributed by atoms with Gasteiger partial charge in [0.2, 0.25) is 5.91 Å². The molecule has 0 aromatic carbocycles. The zero-order valence-electron chi connectivity index (χ0n) is 14.7. The van der Waals surface area contributed by atoms with Crippen LogP contribution < -0.4 is 10.6 Å². The minimum absolute atomic E-state index is 0.0764. The molecule has 1 aromatic heterocycles. The topological polar surface area (TPSA) is 79.3 Å². The fourth-order valence-corrected chi connectivity index (χ4v) is 4.30. The number of amides is 2. The van der Waals surface area contributed by atoms with Crippen LogP contribution in [0.2, 0.25) is 0 Å². The Morgan fingerprint density at radius 3 is 2.84 bits per heavy atom. The summed E-state index contributed by atoms with van der Waals surface area (Å²) in [4.78, 5) is 26.5. The van der Waals surface area contributed by atoms with Crippen LogP contribution in [-0.2, 0) is 11.8 Å². The molecule has 3 rings (SSSR count). The highest BCUT2D eigenvalue weighted by molar-refractivity contribution is 7.99. The van der Waals surface area contributed by atoms with Crippen LogP contribution in [0.25, 0.3) is 0 Å². The summed E-state index contributed by atoms with van der Waals surface area (Å²) >= 11 is 1.92. The highest BCUT2D eigenvalue weighted by Crippen LogP contribution is 2.19. The molecule has 2 amide bonds. The number of nitrogens with zero attached hydrogens (tertiary/aromatic N) is 3. The van der Waals surface area contributed by atoms with E-state index >= 15 is 0 Å². The molecular formula is C17H27N5O2S. The Morgan fingerprint density at radius 1 is 1.40 bits per heavy atom. The third-order valence-corrected chi connectivity index (χ3v) is 6.04. The minimum Gasteiger partial charge on any atom is -0.352 e. The lowest BCUT2D eigenvalue weighted by molar-refractivity contribution is -0.133. The molecule has 2 N–H and O–H groups in total. The molecule has 2 saturated heterocycles. The fraction of sp³-hybridized carbons (Fsp3) is 0.706. The zero-order valence-corrected chi connectivity index (χ0v) is 15.6. The Bertz CT molecular complexity index is 592. The number of rotatable bonds is 5. The van der Waals surface area contributed by atoms with Gasteiger partial charge < -0.3 is 15.5 Å². The van der Waals surface area contributed by atoms with Crippen LogP contribution in [0.4, 0.5) is 0 Å². The number of piperidine rings is 1. The van der Waals surface area contributed by atoms with E-state index in [9.17, 15) is 9.59 Å². The van der Waals surface area contributed by atoms with Gasteiger partial charge in [-0.1, -0.05) is 0 Å². The zero-order chi connectivity index (χ0) is 17.6. The number of hydrogen-bond acceptors (Lipinski definition) is 5. The summed E-state index contributed by atoms with van der Waals surface area (Å²) in [7, 11) is 1.80. The van der Waals surface area contributed by atoms with Crippen molar-refractivity contribution in [2.75, 3.05) is 37.7 Å². The SMILES string of the molecule is Cn1cc(C(=O)NCC2CCN(C(=O)CC3CSCCN3)CC2)cn1. The molecule has 0 aliphatic carbocycles. The first-order valence-corrected chi connectivity index (χ1v) is 10.1. The number of likely N-dealkylation sites (tertiary alicyclic amines) is 1. The molecule has 0 saturated carbocycles. The molecule has 1 unspecified atom stereocenters. The third-order valence-electron chi connectivity index (χ3n) is 4.91. The Morgan fingerprint density at radius 2 is 2.20 bits per heavy atom. The van der Waals surface area contributed by atoms with E-state index in [0.29, 0.717) is 30.5 Å². The lowest BCUT2D eigenvalue weighted by atomic mass is 9.96. The van der Waals surface area contributed by atoms with Crippen LogP contribution >= 0.6 is 11.8 Å². The first-order chi connectivity index (χ1) is 12.1. The van der Waals surface area contributed by atoms with Crippen LogP contribution in [0, 0.1) is 5.92 Å². The molecule has 2 aliphatic heterocycles. The largest absolute Gasteiger partial charge is 0.352 e. The van der Waals surface area contributed by atoms with Crippen LogP contribution in [0.15, 0.2) is 12.4 Å². The van der Waals surface area contributed by atoms with Gasteiger partial charge in [-0.3, -0.25) is 14.3 Å². The smallest absolute Gasteiger partial charge is 0.254 e. The molecule has 2 fully saturated rings. The number of thioether (sulfide) groups is 1. The molecule has 0 radical (unpaired) electrons. The summed E-state index contributed by atoms with van der Waals surface area (Å²) in [5.41, 5.74) is 0.591. The number of aromatic nitrogens is 2. The van der Waals surface area contributed by atoms with Gasteiger partial charge in [0.25, 0.3) is 5.91 Å². The lowest BCUT2D eigenvalue weighted by Gasteiger charge is -2.33. The second kappa shape index (κ2) is 8.71. The van der Waals surface area contributed by atoms with Crippen molar-refractivity contribution in [3.63, 3.8) is 0 Å². The van der Waals surface area contributed by atoms with Crippen molar-refractivity contribution in [2.45, 2.75) is 25.3 Å². The van der Waals surface area contributed by atoms with Crippen molar-refractivity contribution in [2.24, 2.45) is 13.0 Å². The van der Waals surface area contributed by atoms with Gasteiger partial charge >= 0.3 is 0 Å². The molecule has 7 nitrogen and oxygen atoms in total. The molecule has 0 spiro atoms. The van der Waals surface area contributed by atoms with Gasteiger partial charge in [0.1, 0.15) is 0 Å². The molecule has 2 aliphatic rings. The second-order valence-corrected chi connectivity index (χ2v) is 8.02. The maximum absolute atomic E-state index is 12.4. The summed E-state index contributed by atoms with van der Waals surface area (Å²) in [6, 6.07) is 0.322. The summed E-state index contributed by atoms with van der Waals surface area (Å²) < 4.78 is 1.62. The average molecular weight is 366 g/mol. The number of aryl methyl sites for hydroxylation is 1. The van der Waals surface area contributed by atoms with Gasteiger partial charge in [0.05, 0.1) is 11.8 Å². The highest BCUT2D eigenvalue weighted by Gasteiger charge is 2.25. The van der Waals surface area contributed by atoms with Crippen molar-refractivity contribution in [1.29, 1.82) is 0 Å². The van der Waals surface area contributed by atoms with E-state index in [1.807, 2.05) is 16.7 Å². The third kappa shape index (κ3) is 5.22. The predicted molar refractivity (Wildman–Crippen MR) is 98.6 cm³/mol. The van der Waals surface area contributed by atoms with E-state index in [1.165, 1.54) is 0 Å². The van der Waals surface area contributed by atoms with Gasteiger partial charge in [-0.15, -0.1) is 0 Å². The normalized spacial score (nSPS) is 22.0. The first kappa shape index (κ1) is 18.3. The van der Waals surface area contributed by atoms with Crippen LogP contribution in [0.5, 0.6) is 0 Å². The van der Waals surface area contributed by atoms with E-state index in [4.69, 9.17) is 0 Å². The number of carbonyl (C=O) groups is 2. The monoisotopic (exact) mass is 365 g/mol. The molecule has 1 atom stereocenters. The highest BCUT2D eigenvalue weighted by atomic mass is 32.2. The van der Waals surface area contributed by atoms with Crippen molar-refractivity contribution >= 4 is 23.6 Å². The van der Waals surface area contributed by atoms with Crippen LogP contribution in [0.1, 0.15) is 29.6 Å². The Kier molecular flexibility index (Phi) is 6.36. The minimum atomic E-state index is -0.0764. The predicted octanol–water partition coefficient (Wildman–Crippen LogP) is 0.484. The van der Waals surface area contributed by atoms with Gasteiger partial charge in [0, 0.05) is 63.4 Å². The second-order valence-electron chi connectivity index (χ2n) is 6.87. The summed E-state index contributed by atoms with van der Waals surface area (Å²) in [6.07, 6.45) is 5.80. The lowest BCUT2D eigenvalue weighted by Crippen LogP contribution is -2.45. The van der Waals surface area contributed by atoms with E-state index < -0.39 is 0 Å². The molecule has 0 bridgehead atoms. The maximum atomic E-state index is 12.4. The Labute approximate surface area is 152 Å². The van der Waals surface area contributed by atoms with Crippen LogP contribution in [-0.4, -0.2) is 70.2 Å². The summed E-state index contributed by atoms with van der Waals surface area (Å²) in [6.45, 7) is 3.26. The number of carbonyl (C=O) groups excluding carboxylic acids is 2. The molecule has 25 heavy (non-hydrogen) atoms. The van der Waals surface area contributed by atoms with Gasteiger partial charge in [-0.25, -0.2) is 0 Å². The van der Waals surface area contributed by atoms with E-state index in [2.05, 4.69) is 15.7 Å². The molecule has 1 aromatic rings.